The third-order valence-electron chi connectivity index (χ3n) is 4.38. The van der Waals surface area contributed by atoms with Crippen LogP contribution in [0.2, 0.25) is 0 Å². The highest BCUT2D eigenvalue weighted by atomic mass is 32.2. The maximum atomic E-state index is 12.8. The molecule has 11 nitrogen and oxygen atoms in total. The quantitative estimate of drug-likeness (QED) is 0.760. The van der Waals surface area contributed by atoms with E-state index in [1.54, 1.807) is 11.8 Å². The van der Waals surface area contributed by atoms with Gasteiger partial charge in [-0.2, -0.15) is 0 Å². The molecule has 0 saturated carbocycles. The Labute approximate surface area is 175 Å². The minimum absolute atomic E-state index is 0.0196. The molecule has 2 aromatic heterocycles. The van der Waals surface area contributed by atoms with Crippen LogP contribution in [0.3, 0.4) is 0 Å². The number of ether oxygens (including phenoxy) is 1. The van der Waals surface area contributed by atoms with Crippen LogP contribution in [0.15, 0.2) is 21.8 Å². The number of hydrogen-bond donors (Lipinski definition) is 1. The molecule has 1 N–H and O–H groups in total. The number of anilines is 2. The predicted molar refractivity (Wildman–Crippen MR) is 109 cm³/mol. The number of nitrogens with zero attached hydrogens (tertiary/aromatic N) is 5. The molecule has 1 saturated heterocycles. The first kappa shape index (κ1) is 21.8. The van der Waals surface area contributed by atoms with Crippen molar-refractivity contribution in [3.63, 3.8) is 0 Å². The number of nitrogens with one attached hydrogen (secondary N) is 1. The summed E-state index contributed by atoms with van der Waals surface area (Å²) in [7, 11) is -3.96. The van der Waals surface area contributed by atoms with Crippen molar-refractivity contribution in [2.45, 2.75) is 45.1 Å². The fourth-order valence-corrected chi connectivity index (χ4v) is 4.44. The van der Waals surface area contributed by atoms with Gasteiger partial charge >= 0.3 is 6.09 Å². The molecule has 30 heavy (non-hydrogen) atoms. The number of rotatable bonds is 4. The molecule has 0 spiro atoms. The third-order valence-corrected chi connectivity index (χ3v) is 5.96. The number of carbonyl (C=O) groups excluding carboxylic acids is 1. The van der Waals surface area contributed by atoms with Crippen LogP contribution in [0.1, 0.15) is 32.2 Å². The van der Waals surface area contributed by atoms with Gasteiger partial charge in [-0.1, -0.05) is 5.16 Å². The van der Waals surface area contributed by atoms with Crippen molar-refractivity contribution in [1.29, 1.82) is 0 Å². The zero-order valence-electron chi connectivity index (χ0n) is 17.7. The first-order chi connectivity index (χ1) is 14.0. The van der Waals surface area contributed by atoms with Gasteiger partial charge in [0.25, 0.3) is 10.0 Å². The monoisotopic (exact) mass is 438 g/mol. The first-order valence-corrected chi connectivity index (χ1v) is 11.0. The molecule has 1 fully saturated rings. The number of hydrogen-bond acceptors (Lipinski definition) is 9. The molecule has 2 aromatic rings. The molecule has 0 bridgehead atoms. The third kappa shape index (κ3) is 4.81. The summed E-state index contributed by atoms with van der Waals surface area (Å²) in [6.45, 7) is 10.3. The Kier molecular flexibility index (Phi) is 5.88. The number of carbonyl (C=O) groups is 1. The summed E-state index contributed by atoms with van der Waals surface area (Å²) in [5.41, 5.74) is -0.306. The SMILES string of the molecule is Cc1noc(C)c1S(=O)(=O)Nc1nccnc1N1CCN(C(=O)OC(C)(C)C)CC1. The minimum Gasteiger partial charge on any atom is -0.444 e. The van der Waals surface area contributed by atoms with Crippen LogP contribution in [0, 0.1) is 13.8 Å². The van der Waals surface area contributed by atoms with Crippen LogP contribution >= 0.6 is 0 Å². The van der Waals surface area contributed by atoms with Crippen LogP contribution < -0.4 is 9.62 Å². The predicted octanol–water partition coefficient (Wildman–Crippen LogP) is 1.94. The van der Waals surface area contributed by atoms with Gasteiger partial charge in [0, 0.05) is 38.6 Å². The lowest BCUT2D eigenvalue weighted by atomic mass is 10.2. The number of piperazine rings is 1. The Balaban J connectivity index is 1.75. The Bertz CT molecular complexity index is 1000. The summed E-state index contributed by atoms with van der Waals surface area (Å²) in [5.74, 6) is 0.677. The second-order valence-corrected chi connectivity index (χ2v) is 9.56. The minimum atomic E-state index is -3.96. The summed E-state index contributed by atoms with van der Waals surface area (Å²) in [6.07, 6.45) is 2.52. The van der Waals surface area contributed by atoms with Crippen LogP contribution in [-0.2, 0) is 14.8 Å². The van der Waals surface area contributed by atoms with Crippen molar-refractivity contribution in [2.75, 3.05) is 35.8 Å². The topological polar surface area (TPSA) is 131 Å². The van der Waals surface area contributed by atoms with Gasteiger partial charge in [-0.15, -0.1) is 0 Å². The molecule has 0 aliphatic carbocycles. The summed E-state index contributed by atoms with van der Waals surface area (Å²) in [5, 5.41) is 3.70. The Morgan fingerprint density at radius 2 is 1.77 bits per heavy atom. The average Bonchev–Trinajstić information content (AvgIpc) is 3.00. The number of aromatic nitrogens is 3. The molecule has 3 heterocycles. The lowest BCUT2D eigenvalue weighted by Gasteiger charge is -2.36. The van der Waals surface area contributed by atoms with Crippen LogP contribution in [0.5, 0.6) is 0 Å². The summed E-state index contributed by atoms with van der Waals surface area (Å²) in [4.78, 5) is 24.2. The largest absolute Gasteiger partial charge is 0.444 e. The molecule has 3 rings (SSSR count). The van der Waals surface area contributed by atoms with Crippen LogP contribution in [0.4, 0.5) is 16.4 Å². The number of aryl methyl sites for hydroxylation is 2. The van der Waals surface area contributed by atoms with E-state index in [4.69, 9.17) is 9.26 Å². The van der Waals surface area contributed by atoms with E-state index in [1.165, 1.54) is 19.3 Å². The van der Waals surface area contributed by atoms with Crippen molar-refractivity contribution >= 4 is 27.8 Å². The fraction of sp³-hybridized carbons (Fsp3) is 0.556. The van der Waals surface area contributed by atoms with Gasteiger partial charge in [-0.3, -0.25) is 4.72 Å². The van der Waals surface area contributed by atoms with Gasteiger partial charge in [0.1, 0.15) is 11.3 Å². The molecule has 0 aromatic carbocycles. The van der Waals surface area contributed by atoms with Crippen LogP contribution in [0.25, 0.3) is 0 Å². The van der Waals surface area contributed by atoms with Gasteiger partial charge in [-0.25, -0.2) is 23.2 Å². The number of amides is 1. The zero-order valence-corrected chi connectivity index (χ0v) is 18.5. The van der Waals surface area contributed by atoms with E-state index < -0.39 is 15.6 Å². The molecule has 1 aliphatic rings. The summed E-state index contributed by atoms with van der Waals surface area (Å²) in [6, 6.07) is 0. The maximum Gasteiger partial charge on any atom is 0.410 e. The molecule has 0 unspecified atom stereocenters. The van der Waals surface area contributed by atoms with Crippen molar-refractivity contribution in [3.8, 4) is 0 Å². The highest BCUT2D eigenvalue weighted by molar-refractivity contribution is 7.92. The molecular weight excluding hydrogens is 412 g/mol. The van der Waals surface area contributed by atoms with E-state index in [2.05, 4.69) is 19.8 Å². The van der Waals surface area contributed by atoms with Gasteiger partial charge in [0.05, 0.1) is 0 Å². The molecule has 0 atom stereocenters. The first-order valence-electron chi connectivity index (χ1n) is 9.47. The van der Waals surface area contributed by atoms with Crippen molar-refractivity contribution in [3.05, 3.63) is 23.8 Å². The molecule has 1 aliphatic heterocycles. The van der Waals surface area contributed by atoms with E-state index in [1.807, 2.05) is 25.7 Å². The Morgan fingerprint density at radius 1 is 1.13 bits per heavy atom. The van der Waals surface area contributed by atoms with Crippen molar-refractivity contribution < 1.29 is 22.5 Å². The lowest BCUT2D eigenvalue weighted by Crippen LogP contribution is -2.50. The van der Waals surface area contributed by atoms with Crippen molar-refractivity contribution in [2.24, 2.45) is 0 Å². The smallest absolute Gasteiger partial charge is 0.410 e. The van der Waals surface area contributed by atoms with Gasteiger partial charge in [-0.05, 0) is 34.6 Å². The van der Waals surface area contributed by atoms with E-state index in [-0.39, 0.29) is 28.3 Å². The average molecular weight is 439 g/mol. The highest BCUT2D eigenvalue weighted by Crippen LogP contribution is 2.27. The Morgan fingerprint density at radius 3 is 2.33 bits per heavy atom. The van der Waals surface area contributed by atoms with E-state index in [0.29, 0.717) is 32.0 Å². The second-order valence-electron chi connectivity index (χ2n) is 7.94. The lowest BCUT2D eigenvalue weighted by molar-refractivity contribution is 0.0240. The number of sulfonamides is 1. The molecule has 1 amide bonds. The van der Waals surface area contributed by atoms with Gasteiger partial charge in [0.15, 0.2) is 22.3 Å². The normalized spacial score (nSPS) is 15.2. The Hall–Kier alpha value is -2.89. The molecule has 12 heteroatoms. The van der Waals surface area contributed by atoms with Gasteiger partial charge in [0.2, 0.25) is 0 Å². The molecule has 0 radical (unpaired) electrons. The summed E-state index contributed by atoms with van der Waals surface area (Å²) >= 11 is 0. The van der Waals surface area contributed by atoms with E-state index in [0.717, 1.165) is 0 Å². The molecule has 164 valence electrons. The van der Waals surface area contributed by atoms with E-state index >= 15 is 0 Å². The van der Waals surface area contributed by atoms with E-state index in [9.17, 15) is 13.2 Å². The fourth-order valence-electron chi connectivity index (χ4n) is 3.10. The van der Waals surface area contributed by atoms with Crippen LogP contribution in [-0.4, -0.2) is 66.3 Å². The zero-order chi connectivity index (χ0) is 22.1. The van der Waals surface area contributed by atoms with Gasteiger partial charge < -0.3 is 19.1 Å². The maximum absolute atomic E-state index is 12.8. The molecular formula is C18H26N6O5S. The standard InChI is InChI=1S/C18H26N6O5S/c1-12-14(13(2)29-21-12)30(26,27)22-15-16(20-7-6-19-15)23-8-10-24(11-9-23)17(25)28-18(3,4)5/h6-7H,8-11H2,1-5H3,(H,19,22). The summed E-state index contributed by atoms with van der Waals surface area (Å²) < 4.78 is 38.6. The van der Waals surface area contributed by atoms with Crippen molar-refractivity contribution in [1.82, 2.24) is 20.0 Å². The highest BCUT2D eigenvalue weighted by Gasteiger charge is 2.30. The second kappa shape index (κ2) is 8.09.